The Balaban J connectivity index is 1.80. The topological polar surface area (TPSA) is 51.0 Å². The van der Waals surface area contributed by atoms with Crippen molar-refractivity contribution < 1.29 is 4.79 Å². The molecule has 0 atom stereocenters. The van der Waals surface area contributed by atoms with E-state index in [-0.39, 0.29) is 5.91 Å². The minimum Gasteiger partial charge on any atom is -0.339 e. The molecule has 0 radical (unpaired) electrons. The van der Waals surface area contributed by atoms with Crippen molar-refractivity contribution in [3.05, 3.63) is 48.3 Å². The number of carbonyl (C=O) groups excluding carboxylic acids is 1. The van der Waals surface area contributed by atoms with Crippen LogP contribution in [0.1, 0.15) is 43.0 Å². The highest BCUT2D eigenvalue weighted by molar-refractivity contribution is 6.07. The average Bonchev–Trinajstić information content (AvgIpc) is 3.01. The molecule has 4 rings (SSSR count). The summed E-state index contributed by atoms with van der Waals surface area (Å²) < 4.78 is 1.88. The van der Waals surface area contributed by atoms with Crippen molar-refractivity contribution in [3.63, 3.8) is 0 Å². The van der Waals surface area contributed by atoms with E-state index in [9.17, 15) is 4.79 Å². The molecule has 0 N–H and O–H groups in total. The highest BCUT2D eigenvalue weighted by Crippen LogP contribution is 2.26. The van der Waals surface area contributed by atoms with E-state index in [0.717, 1.165) is 60.2 Å². The quantitative estimate of drug-likeness (QED) is 0.715. The van der Waals surface area contributed by atoms with Gasteiger partial charge in [0, 0.05) is 36.8 Å². The highest BCUT2D eigenvalue weighted by atomic mass is 16.2. The molecule has 1 aliphatic rings. The molecule has 2 aromatic heterocycles. The molecule has 0 spiro atoms. The molecule has 0 unspecified atom stereocenters. The van der Waals surface area contributed by atoms with E-state index >= 15 is 0 Å². The Hall–Kier alpha value is -2.69. The first-order valence-electron chi connectivity index (χ1n) is 9.48. The molecule has 0 bridgehead atoms. The van der Waals surface area contributed by atoms with Gasteiger partial charge in [-0.3, -0.25) is 9.48 Å². The zero-order chi connectivity index (χ0) is 17.9. The Morgan fingerprint density at radius 1 is 1.12 bits per heavy atom. The van der Waals surface area contributed by atoms with Crippen molar-refractivity contribution in [2.24, 2.45) is 0 Å². The molecule has 0 aliphatic carbocycles. The van der Waals surface area contributed by atoms with Crippen LogP contribution < -0.4 is 0 Å². The second-order valence-corrected chi connectivity index (χ2v) is 6.86. The third-order valence-electron chi connectivity index (χ3n) is 5.09. The molecule has 3 aromatic rings. The summed E-state index contributed by atoms with van der Waals surface area (Å²) in [6.07, 6.45) is 8.40. The zero-order valence-corrected chi connectivity index (χ0v) is 15.2. The van der Waals surface area contributed by atoms with Crippen molar-refractivity contribution in [1.82, 2.24) is 19.7 Å². The van der Waals surface area contributed by atoms with Crippen LogP contribution in [0.25, 0.3) is 22.2 Å². The number of benzene rings is 1. The molecule has 0 saturated carbocycles. The number of amides is 1. The molecule has 1 amide bonds. The second-order valence-electron chi connectivity index (χ2n) is 6.86. The van der Waals surface area contributed by atoms with E-state index in [1.807, 2.05) is 52.3 Å². The smallest absolute Gasteiger partial charge is 0.254 e. The van der Waals surface area contributed by atoms with Crippen LogP contribution in [0.2, 0.25) is 0 Å². The summed E-state index contributed by atoms with van der Waals surface area (Å²) in [6, 6.07) is 9.84. The van der Waals surface area contributed by atoms with Crippen LogP contribution >= 0.6 is 0 Å². The SMILES string of the molecule is CCn1cc(-c2cc(C(=O)N3CCCCCC3)c3ccccc3n2)cn1. The monoisotopic (exact) mass is 348 g/mol. The first-order valence-corrected chi connectivity index (χ1v) is 9.48. The predicted octanol–water partition coefficient (Wildman–Crippen LogP) is 4.13. The molecule has 3 heterocycles. The van der Waals surface area contributed by atoms with Gasteiger partial charge >= 0.3 is 0 Å². The third-order valence-corrected chi connectivity index (χ3v) is 5.09. The predicted molar refractivity (Wildman–Crippen MR) is 103 cm³/mol. The normalized spacial score (nSPS) is 15.2. The maximum absolute atomic E-state index is 13.3. The minimum absolute atomic E-state index is 0.120. The average molecular weight is 348 g/mol. The lowest BCUT2D eigenvalue weighted by molar-refractivity contribution is 0.0763. The largest absolute Gasteiger partial charge is 0.339 e. The number of aromatic nitrogens is 3. The van der Waals surface area contributed by atoms with Crippen LogP contribution in [0.4, 0.5) is 0 Å². The van der Waals surface area contributed by atoms with E-state index < -0.39 is 0 Å². The number of hydrogen-bond donors (Lipinski definition) is 0. The van der Waals surface area contributed by atoms with Crippen LogP contribution in [0.3, 0.4) is 0 Å². The third kappa shape index (κ3) is 3.21. The molecule has 1 saturated heterocycles. The fourth-order valence-corrected chi connectivity index (χ4v) is 3.61. The molecule has 1 aromatic carbocycles. The molecule has 5 heteroatoms. The van der Waals surface area contributed by atoms with Crippen LogP contribution in [-0.2, 0) is 6.54 Å². The van der Waals surface area contributed by atoms with Crippen LogP contribution in [0, 0.1) is 0 Å². The summed E-state index contributed by atoms with van der Waals surface area (Å²) in [5.41, 5.74) is 3.35. The summed E-state index contributed by atoms with van der Waals surface area (Å²) in [4.78, 5) is 20.1. The maximum Gasteiger partial charge on any atom is 0.254 e. The second kappa shape index (κ2) is 7.28. The Morgan fingerprint density at radius 2 is 1.88 bits per heavy atom. The number of para-hydroxylation sites is 1. The molecular formula is C21H24N4O. The zero-order valence-electron chi connectivity index (χ0n) is 15.2. The van der Waals surface area contributed by atoms with Crippen LogP contribution in [0.15, 0.2) is 42.7 Å². The molecule has 26 heavy (non-hydrogen) atoms. The number of nitrogens with zero attached hydrogens (tertiary/aromatic N) is 4. The van der Waals surface area contributed by atoms with E-state index in [1.54, 1.807) is 0 Å². The minimum atomic E-state index is 0.120. The van der Waals surface area contributed by atoms with Gasteiger partial charge in [-0.1, -0.05) is 31.0 Å². The van der Waals surface area contributed by atoms with E-state index in [2.05, 4.69) is 12.0 Å². The number of hydrogen-bond acceptors (Lipinski definition) is 3. The molecular weight excluding hydrogens is 324 g/mol. The summed E-state index contributed by atoms with van der Waals surface area (Å²) >= 11 is 0. The van der Waals surface area contributed by atoms with Crippen LogP contribution in [-0.4, -0.2) is 38.7 Å². The van der Waals surface area contributed by atoms with Gasteiger partial charge in [-0.05, 0) is 31.9 Å². The van der Waals surface area contributed by atoms with Gasteiger partial charge in [-0.2, -0.15) is 5.10 Å². The van der Waals surface area contributed by atoms with Gasteiger partial charge in [-0.15, -0.1) is 0 Å². The standard InChI is InChI=1S/C21H24N4O/c1-2-25-15-16(14-22-25)20-13-18(17-9-5-6-10-19(17)23-20)21(26)24-11-7-3-4-8-12-24/h5-6,9-10,13-15H,2-4,7-8,11-12H2,1H3. The lowest BCUT2D eigenvalue weighted by Gasteiger charge is -2.21. The number of fused-ring (bicyclic) bond motifs is 1. The first kappa shape index (κ1) is 16.8. The van der Waals surface area contributed by atoms with Gasteiger partial charge in [0.25, 0.3) is 5.91 Å². The summed E-state index contributed by atoms with van der Waals surface area (Å²) in [5, 5.41) is 5.27. The molecule has 1 fully saturated rings. The van der Waals surface area contributed by atoms with Gasteiger partial charge in [-0.25, -0.2) is 4.98 Å². The molecule has 1 aliphatic heterocycles. The maximum atomic E-state index is 13.3. The van der Waals surface area contributed by atoms with Crippen molar-refractivity contribution >= 4 is 16.8 Å². The van der Waals surface area contributed by atoms with Gasteiger partial charge < -0.3 is 4.90 Å². The lowest BCUT2D eigenvalue weighted by Crippen LogP contribution is -2.32. The Morgan fingerprint density at radius 3 is 2.62 bits per heavy atom. The van der Waals surface area contributed by atoms with E-state index in [4.69, 9.17) is 4.98 Å². The first-order chi connectivity index (χ1) is 12.8. The molecule has 5 nitrogen and oxygen atoms in total. The van der Waals surface area contributed by atoms with Crippen LogP contribution in [0.5, 0.6) is 0 Å². The van der Waals surface area contributed by atoms with E-state index in [1.165, 1.54) is 12.8 Å². The Bertz CT molecular complexity index is 923. The Kier molecular flexibility index (Phi) is 4.69. The van der Waals surface area contributed by atoms with Crippen molar-refractivity contribution in [3.8, 4) is 11.3 Å². The number of likely N-dealkylation sites (tertiary alicyclic amines) is 1. The van der Waals surface area contributed by atoms with Crippen molar-refractivity contribution in [2.75, 3.05) is 13.1 Å². The molecule has 134 valence electrons. The van der Waals surface area contributed by atoms with Gasteiger partial charge in [0.2, 0.25) is 0 Å². The van der Waals surface area contributed by atoms with Gasteiger partial charge in [0.05, 0.1) is 23.0 Å². The summed E-state index contributed by atoms with van der Waals surface area (Å²) in [5.74, 6) is 0.120. The number of aryl methyl sites for hydroxylation is 1. The summed E-state index contributed by atoms with van der Waals surface area (Å²) in [7, 11) is 0. The number of rotatable bonds is 3. The summed E-state index contributed by atoms with van der Waals surface area (Å²) in [6.45, 7) is 4.56. The van der Waals surface area contributed by atoms with Gasteiger partial charge in [0.1, 0.15) is 0 Å². The number of carbonyl (C=O) groups is 1. The Labute approximate surface area is 153 Å². The lowest BCUT2D eigenvalue weighted by atomic mass is 10.0. The highest BCUT2D eigenvalue weighted by Gasteiger charge is 2.21. The van der Waals surface area contributed by atoms with Gasteiger partial charge in [0.15, 0.2) is 0 Å². The fraction of sp³-hybridized carbons (Fsp3) is 0.381. The van der Waals surface area contributed by atoms with E-state index in [0.29, 0.717) is 0 Å². The van der Waals surface area contributed by atoms with Crippen molar-refractivity contribution in [1.29, 1.82) is 0 Å². The number of pyridine rings is 1. The fourth-order valence-electron chi connectivity index (χ4n) is 3.61. The van der Waals surface area contributed by atoms with Crippen molar-refractivity contribution in [2.45, 2.75) is 39.2 Å².